The maximum absolute atomic E-state index is 5.92. The quantitative estimate of drug-likeness (QED) is 0.460. The van der Waals surface area contributed by atoms with Gasteiger partial charge in [0.15, 0.2) is 0 Å². The first-order valence-electron chi connectivity index (χ1n) is 8.99. The van der Waals surface area contributed by atoms with Crippen LogP contribution in [-0.2, 0) is 6.61 Å². The normalized spacial score (nSPS) is 10.6. The second-order valence-corrected chi connectivity index (χ2v) is 6.43. The van der Waals surface area contributed by atoms with Gasteiger partial charge in [-0.05, 0) is 36.8 Å². The zero-order valence-electron chi connectivity index (χ0n) is 15.8. The first kappa shape index (κ1) is 17.8. The van der Waals surface area contributed by atoms with Crippen LogP contribution in [0.3, 0.4) is 0 Å². The summed E-state index contributed by atoms with van der Waals surface area (Å²) in [6.45, 7) is 2.57. The minimum atomic E-state index is 0.415. The van der Waals surface area contributed by atoms with E-state index in [9.17, 15) is 0 Å². The molecule has 0 fully saturated rings. The molecule has 1 heterocycles. The van der Waals surface area contributed by atoms with Gasteiger partial charge in [0.05, 0.1) is 12.7 Å². The molecule has 0 radical (unpaired) electrons. The third-order valence-electron chi connectivity index (χ3n) is 4.38. The van der Waals surface area contributed by atoms with Crippen LogP contribution in [0.15, 0.2) is 77.3 Å². The number of rotatable bonds is 6. The molecule has 0 aliphatic rings. The number of para-hydroxylation sites is 1. The molecular formula is C23H20N2O3. The van der Waals surface area contributed by atoms with Gasteiger partial charge < -0.3 is 14.0 Å². The molecular weight excluding hydrogens is 352 g/mol. The molecule has 28 heavy (non-hydrogen) atoms. The average molecular weight is 372 g/mol. The zero-order valence-corrected chi connectivity index (χ0v) is 15.8. The summed E-state index contributed by atoms with van der Waals surface area (Å²) in [5.41, 5.74) is 3.93. The monoisotopic (exact) mass is 372 g/mol. The lowest BCUT2D eigenvalue weighted by atomic mass is 10.1. The Morgan fingerprint density at radius 2 is 1.75 bits per heavy atom. The van der Waals surface area contributed by atoms with Crippen molar-refractivity contribution >= 4 is 0 Å². The van der Waals surface area contributed by atoms with Crippen molar-refractivity contribution in [3.63, 3.8) is 0 Å². The number of aryl methyl sites for hydroxylation is 1. The molecule has 3 aromatic carbocycles. The van der Waals surface area contributed by atoms with E-state index >= 15 is 0 Å². The van der Waals surface area contributed by atoms with Crippen molar-refractivity contribution < 1.29 is 14.0 Å². The number of hydrogen-bond donors (Lipinski definition) is 0. The van der Waals surface area contributed by atoms with Gasteiger partial charge in [0, 0.05) is 5.56 Å². The summed E-state index contributed by atoms with van der Waals surface area (Å²) in [5, 5.41) is 4.11. The molecule has 4 rings (SSSR count). The Bertz CT molecular complexity index is 1070. The SMILES string of the molecule is COc1ccccc1-c1nc(-c2cccc(OCc3ccc(C)cc3)c2)no1. The summed E-state index contributed by atoms with van der Waals surface area (Å²) < 4.78 is 16.7. The van der Waals surface area contributed by atoms with Crippen LogP contribution in [0.4, 0.5) is 0 Å². The number of ether oxygens (including phenoxy) is 2. The third kappa shape index (κ3) is 3.88. The van der Waals surface area contributed by atoms with Gasteiger partial charge in [-0.2, -0.15) is 4.98 Å². The van der Waals surface area contributed by atoms with Crippen LogP contribution in [-0.4, -0.2) is 17.3 Å². The van der Waals surface area contributed by atoms with Crippen LogP contribution in [0.1, 0.15) is 11.1 Å². The average Bonchev–Trinajstić information content (AvgIpc) is 3.24. The first-order chi connectivity index (χ1) is 13.7. The van der Waals surface area contributed by atoms with Gasteiger partial charge in [-0.25, -0.2) is 0 Å². The molecule has 0 spiro atoms. The minimum absolute atomic E-state index is 0.415. The Balaban J connectivity index is 1.53. The molecule has 0 saturated carbocycles. The fourth-order valence-corrected chi connectivity index (χ4v) is 2.85. The highest BCUT2D eigenvalue weighted by Crippen LogP contribution is 2.30. The largest absolute Gasteiger partial charge is 0.496 e. The van der Waals surface area contributed by atoms with E-state index in [0.29, 0.717) is 24.1 Å². The fourth-order valence-electron chi connectivity index (χ4n) is 2.85. The molecule has 0 N–H and O–H groups in total. The van der Waals surface area contributed by atoms with E-state index in [1.165, 1.54) is 5.56 Å². The molecule has 5 nitrogen and oxygen atoms in total. The van der Waals surface area contributed by atoms with Crippen LogP contribution in [0.2, 0.25) is 0 Å². The van der Waals surface area contributed by atoms with E-state index in [1.54, 1.807) is 7.11 Å². The topological polar surface area (TPSA) is 57.4 Å². The summed E-state index contributed by atoms with van der Waals surface area (Å²) >= 11 is 0. The van der Waals surface area contributed by atoms with Gasteiger partial charge in [0.25, 0.3) is 5.89 Å². The highest BCUT2D eigenvalue weighted by atomic mass is 16.5. The van der Waals surface area contributed by atoms with Crippen molar-refractivity contribution in [1.82, 2.24) is 10.1 Å². The van der Waals surface area contributed by atoms with Crippen molar-refractivity contribution in [2.45, 2.75) is 13.5 Å². The predicted octanol–water partition coefficient (Wildman–Crippen LogP) is 5.30. The molecule has 0 bridgehead atoms. The first-order valence-corrected chi connectivity index (χ1v) is 8.99. The lowest BCUT2D eigenvalue weighted by Crippen LogP contribution is -1.95. The minimum Gasteiger partial charge on any atom is -0.496 e. The van der Waals surface area contributed by atoms with Gasteiger partial charge >= 0.3 is 0 Å². The van der Waals surface area contributed by atoms with Crippen molar-refractivity contribution in [2.75, 3.05) is 7.11 Å². The van der Waals surface area contributed by atoms with Gasteiger partial charge in [-0.3, -0.25) is 0 Å². The van der Waals surface area contributed by atoms with Crippen molar-refractivity contribution in [2.24, 2.45) is 0 Å². The van der Waals surface area contributed by atoms with Crippen LogP contribution in [0, 0.1) is 6.92 Å². The molecule has 0 amide bonds. The predicted molar refractivity (Wildman–Crippen MR) is 107 cm³/mol. The smallest absolute Gasteiger partial charge is 0.262 e. The van der Waals surface area contributed by atoms with E-state index in [2.05, 4.69) is 41.3 Å². The Hall–Kier alpha value is -3.60. The fraction of sp³-hybridized carbons (Fsp3) is 0.130. The molecule has 0 aliphatic heterocycles. The van der Waals surface area contributed by atoms with Crippen molar-refractivity contribution in [1.29, 1.82) is 0 Å². The molecule has 0 aliphatic carbocycles. The highest BCUT2D eigenvalue weighted by molar-refractivity contribution is 5.65. The molecule has 1 aromatic heterocycles. The highest BCUT2D eigenvalue weighted by Gasteiger charge is 2.14. The van der Waals surface area contributed by atoms with Gasteiger partial charge in [-0.1, -0.05) is 59.3 Å². The summed E-state index contributed by atoms with van der Waals surface area (Å²) in [5.74, 6) is 2.36. The van der Waals surface area contributed by atoms with E-state index < -0.39 is 0 Å². The summed E-state index contributed by atoms with van der Waals surface area (Å²) in [4.78, 5) is 4.52. The molecule has 0 unspecified atom stereocenters. The van der Waals surface area contributed by atoms with E-state index in [4.69, 9.17) is 14.0 Å². The van der Waals surface area contributed by atoms with Gasteiger partial charge in [-0.15, -0.1) is 0 Å². The Kier molecular flexibility index (Phi) is 5.06. The number of nitrogens with zero attached hydrogens (tertiary/aromatic N) is 2. The number of benzene rings is 3. The maximum Gasteiger partial charge on any atom is 0.262 e. The molecule has 4 aromatic rings. The van der Waals surface area contributed by atoms with Crippen LogP contribution >= 0.6 is 0 Å². The van der Waals surface area contributed by atoms with Crippen molar-refractivity contribution in [3.05, 3.63) is 83.9 Å². The lowest BCUT2D eigenvalue weighted by molar-refractivity contribution is 0.306. The number of methoxy groups -OCH3 is 1. The second kappa shape index (κ2) is 7.96. The van der Waals surface area contributed by atoms with E-state index in [0.717, 1.165) is 22.4 Å². The molecule has 140 valence electrons. The summed E-state index contributed by atoms with van der Waals surface area (Å²) in [7, 11) is 1.62. The molecule has 0 atom stereocenters. The number of aromatic nitrogens is 2. The zero-order chi connectivity index (χ0) is 19.3. The second-order valence-electron chi connectivity index (χ2n) is 6.43. The van der Waals surface area contributed by atoms with Gasteiger partial charge in [0.1, 0.15) is 18.1 Å². The Morgan fingerprint density at radius 1 is 0.929 bits per heavy atom. The van der Waals surface area contributed by atoms with Crippen molar-refractivity contribution in [3.8, 4) is 34.3 Å². The Morgan fingerprint density at radius 3 is 2.57 bits per heavy atom. The summed E-state index contributed by atoms with van der Waals surface area (Å²) in [6, 6.07) is 23.5. The van der Waals surface area contributed by atoms with Crippen LogP contribution < -0.4 is 9.47 Å². The van der Waals surface area contributed by atoms with E-state index in [1.807, 2.05) is 48.5 Å². The van der Waals surface area contributed by atoms with E-state index in [-0.39, 0.29) is 0 Å². The maximum atomic E-state index is 5.92. The third-order valence-corrected chi connectivity index (χ3v) is 4.38. The molecule has 5 heteroatoms. The van der Waals surface area contributed by atoms with Crippen LogP contribution in [0.25, 0.3) is 22.8 Å². The summed E-state index contributed by atoms with van der Waals surface area (Å²) in [6.07, 6.45) is 0. The molecule has 0 saturated heterocycles. The Labute approximate surface area is 163 Å². The van der Waals surface area contributed by atoms with Gasteiger partial charge in [0.2, 0.25) is 5.82 Å². The standard InChI is InChI=1S/C23H20N2O3/c1-16-10-12-17(13-11-16)15-27-19-7-5-6-18(14-19)22-24-23(28-25-22)20-8-3-4-9-21(20)26-2/h3-14H,15H2,1-2H3. The van der Waals surface area contributed by atoms with Crippen LogP contribution in [0.5, 0.6) is 11.5 Å². The number of hydrogen-bond acceptors (Lipinski definition) is 5. The lowest BCUT2D eigenvalue weighted by Gasteiger charge is -2.07.